The molecule has 5 heteroatoms. The average molecular weight is 219 g/mol. The van der Waals surface area contributed by atoms with E-state index < -0.39 is 5.91 Å². The largest absolute Gasteiger partial charge is 0.364 e. The molecule has 82 valence electrons. The van der Waals surface area contributed by atoms with Gasteiger partial charge in [0.05, 0.1) is 0 Å². The summed E-state index contributed by atoms with van der Waals surface area (Å²) in [5, 5.41) is 0. The smallest absolute Gasteiger partial charge is 0.267 e. The summed E-state index contributed by atoms with van der Waals surface area (Å²) in [6.45, 7) is 1.72. The summed E-state index contributed by atoms with van der Waals surface area (Å²) in [5.41, 5.74) is 6.55. The van der Waals surface area contributed by atoms with Crippen LogP contribution in [0.5, 0.6) is 0 Å². The number of imidazole rings is 1. The fourth-order valence-electron chi connectivity index (χ4n) is 1.49. The highest BCUT2D eigenvalue weighted by atomic mass is 19.1. The SMILES string of the molecule is Cc1nc(-c2ccc(F)cc2)c(C(N)=O)[nH]1. The van der Waals surface area contributed by atoms with Crippen molar-refractivity contribution in [1.82, 2.24) is 9.97 Å². The van der Waals surface area contributed by atoms with E-state index in [2.05, 4.69) is 9.97 Å². The minimum absolute atomic E-state index is 0.240. The Kier molecular flexibility index (Phi) is 2.44. The number of rotatable bonds is 2. The average Bonchev–Trinajstić information content (AvgIpc) is 2.61. The summed E-state index contributed by atoms with van der Waals surface area (Å²) in [5.74, 6) is -0.329. The number of hydrogen-bond donors (Lipinski definition) is 2. The third-order valence-corrected chi connectivity index (χ3v) is 2.19. The summed E-state index contributed by atoms with van der Waals surface area (Å²) in [4.78, 5) is 18.1. The number of nitrogens with two attached hydrogens (primary N) is 1. The lowest BCUT2D eigenvalue weighted by atomic mass is 10.1. The van der Waals surface area contributed by atoms with E-state index in [1.54, 1.807) is 19.1 Å². The van der Waals surface area contributed by atoms with Crippen LogP contribution in [-0.2, 0) is 0 Å². The van der Waals surface area contributed by atoms with Crippen LogP contribution in [0.1, 0.15) is 16.3 Å². The van der Waals surface area contributed by atoms with Gasteiger partial charge in [0.25, 0.3) is 5.91 Å². The molecule has 0 spiro atoms. The number of nitrogens with zero attached hydrogens (tertiary/aromatic N) is 1. The fourth-order valence-corrected chi connectivity index (χ4v) is 1.49. The van der Waals surface area contributed by atoms with Crippen LogP contribution in [0.15, 0.2) is 24.3 Å². The molecule has 0 saturated carbocycles. The van der Waals surface area contributed by atoms with Gasteiger partial charge in [-0.05, 0) is 31.2 Å². The van der Waals surface area contributed by atoms with E-state index in [0.29, 0.717) is 17.1 Å². The van der Waals surface area contributed by atoms with Crippen molar-refractivity contribution in [1.29, 1.82) is 0 Å². The van der Waals surface area contributed by atoms with Crippen molar-refractivity contribution in [3.05, 3.63) is 41.6 Å². The van der Waals surface area contributed by atoms with E-state index in [9.17, 15) is 9.18 Å². The van der Waals surface area contributed by atoms with Gasteiger partial charge in [-0.3, -0.25) is 4.79 Å². The number of aromatic amines is 1. The molecule has 0 saturated heterocycles. The highest BCUT2D eigenvalue weighted by Gasteiger charge is 2.14. The molecular formula is C11H10FN3O. The fraction of sp³-hybridized carbons (Fsp3) is 0.0909. The van der Waals surface area contributed by atoms with Crippen LogP contribution < -0.4 is 5.73 Å². The quantitative estimate of drug-likeness (QED) is 0.805. The van der Waals surface area contributed by atoms with Gasteiger partial charge in [0.15, 0.2) is 0 Å². The summed E-state index contributed by atoms with van der Waals surface area (Å²) < 4.78 is 12.7. The van der Waals surface area contributed by atoms with Crippen molar-refractivity contribution < 1.29 is 9.18 Å². The van der Waals surface area contributed by atoms with Crippen molar-refractivity contribution in [3.63, 3.8) is 0 Å². The van der Waals surface area contributed by atoms with Crippen molar-refractivity contribution in [3.8, 4) is 11.3 Å². The number of hydrogen-bond acceptors (Lipinski definition) is 2. The molecule has 1 amide bonds. The Morgan fingerprint density at radius 2 is 2.00 bits per heavy atom. The number of carbonyl (C=O) groups is 1. The lowest BCUT2D eigenvalue weighted by Crippen LogP contribution is -2.12. The Bertz CT molecular complexity index is 531. The van der Waals surface area contributed by atoms with E-state index >= 15 is 0 Å². The van der Waals surface area contributed by atoms with Gasteiger partial charge < -0.3 is 10.7 Å². The van der Waals surface area contributed by atoms with Gasteiger partial charge in [0.2, 0.25) is 0 Å². The molecule has 0 radical (unpaired) electrons. The Morgan fingerprint density at radius 3 is 2.56 bits per heavy atom. The van der Waals surface area contributed by atoms with E-state index in [4.69, 9.17) is 5.73 Å². The van der Waals surface area contributed by atoms with E-state index in [1.165, 1.54) is 12.1 Å². The second kappa shape index (κ2) is 3.77. The van der Waals surface area contributed by atoms with Gasteiger partial charge in [-0.1, -0.05) is 0 Å². The summed E-state index contributed by atoms with van der Waals surface area (Å²) in [6, 6.07) is 5.73. The Morgan fingerprint density at radius 1 is 1.38 bits per heavy atom. The third kappa shape index (κ3) is 1.79. The highest BCUT2D eigenvalue weighted by molar-refractivity contribution is 5.97. The lowest BCUT2D eigenvalue weighted by Gasteiger charge is -1.98. The van der Waals surface area contributed by atoms with E-state index in [1.807, 2.05) is 0 Å². The maximum absolute atomic E-state index is 12.7. The zero-order chi connectivity index (χ0) is 11.7. The van der Waals surface area contributed by atoms with E-state index in [-0.39, 0.29) is 11.5 Å². The minimum Gasteiger partial charge on any atom is -0.364 e. The number of aryl methyl sites for hydroxylation is 1. The number of carbonyl (C=O) groups excluding carboxylic acids is 1. The molecule has 0 aliphatic heterocycles. The van der Waals surface area contributed by atoms with Gasteiger partial charge in [0.1, 0.15) is 23.0 Å². The number of benzene rings is 1. The number of aromatic nitrogens is 2. The van der Waals surface area contributed by atoms with Crippen LogP contribution >= 0.6 is 0 Å². The highest BCUT2D eigenvalue weighted by Crippen LogP contribution is 2.21. The van der Waals surface area contributed by atoms with Gasteiger partial charge in [-0.25, -0.2) is 9.37 Å². The topological polar surface area (TPSA) is 71.8 Å². The van der Waals surface area contributed by atoms with Crippen LogP contribution in [0.3, 0.4) is 0 Å². The van der Waals surface area contributed by atoms with Crippen LogP contribution in [0, 0.1) is 12.7 Å². The van der Waals surface area contributed by atoms with Crippen molar-refractivity contribution in [2.45, 2.75) is 6.92 Å². The van der Waals surface area contributed by atoms with E-state index in [0.717, 1.165) is 0 Å². The number of halogens is 1. The van der Waals surface area contributed by atoms with Crippen LogP contribution in [0.4, 0.5) is 4.39 Å². The molecule has 0 fully saturated rings. The predicted octanol–water partition coefficient (Wildman–Crippen LogP) is 1.62. The lowest BCUT2D eigenvalue weighted by molar-refractivity contribution is 0.0996. The first-order chi connectivity index (χ1) is 7.58. The first-order valence-corrected chi connectivity index (χ1v) is 4.70. The van der Waals surface area contributed by atoms with Crippen LogP contribution in [0.2, 0.25) is 0 Å². The molecule has 1 aromatic heterocycles. The second-order valence-corrected chi connectivity index (χ2v) is 3.42. The monoisotopic (exact) mass is 219 g/mol. The maximum Gasteiger partial charge on any atom is 0.267 e. The molecule has 2 rings (SSSR count). The second-order valence-electron chi connectivity index (χ2n) is 3.42. The third-order valence-electron chi connectivity index (χ3n) is 2.19. The molecule has 1 aromatic carbocycles. The summed E-state index contributed by atoms with van der Waals surface area (Å²) in [6.07, 6.45) is 0. The molecule has 0 atom stereocenters. The van der Waals surface area contributed by atoms with Gasteiger partial charge >= 0.3 is 0 Å². The standard InChI is InChI=1S/C11H10FN3O/c1-6-14-9(10(15-6)11(13)16)7-2-4-8(12)5-3-7/h2-5H,1H3,(H2,13,16)(H,14,15). The van der Waals surface area contributed by atoms with Gasteiger partial charge in [0, 0.05) is 5.56 Å². The molecule has 16 heavy (non-hydrogen) atoms. The number of H-pyrrole nitrogens is 1. The number of amides is 1. The van der Waals surface area contributed by atoms with Crippen molar-refractivity contribution in [2.24, 2.45) is 5.73 Å². The van der Waals surface area contributed by atoms with Crippen molar-refractivity contribution in [2.75, 3.05) is 0 Å². The van der Waals surface area contributed by atoms with Gasteiger partial charge in [-0.2, -0.15) is 0 Å². The zero-order valence-electron chi connectivity index (χ0n) is 8.62. The first-order valence-electron chi connectivity index (χ1n) is 4.70. The molecule has 0 unspecified atom stereocenters. The van der Waals surface area contributed by atoms with Crippen LogP contribution in [-0.4, -0.2) is 15.9 Å². The molecule has 0 bridgehead atoms. The molecule has 2 aromatic rings. The van der Waals surface area contributed by atoms with Crippen molar-refractivity contribution >= 4 is 5.91 Å². The molecule has 0 aliphatic rings. The normalized spacial score (nSPS) is 10.4. The Balaban J connectivity index is 2.55. The molecule has 0 aliphatic carbocycles. The van der Waals surface area contributed by atoms with Crippen LogP contribution in [0.25, 0.3) is 11.3 Å². The first kappa shape index (κ1) is 10.4. The zero-order valence-corrected chi connectivity index (χ0v) is 8.62. The number of primary amides is 1. The maximum atomic E-state index is 12.7. The summed E-state index contributed by atoms with van der Waals surface area (Å²) >= 11 is 0. The summed E-state index contributed by atoms with van der Waals surface area (Å²) in [7, 11) is 0. The molecule has 4 nitrogen and oxygen atoms in total. The predicted molar refractivity (Wildman–Crippen MR) is 57.2 cm³/mol. The molecule has 1 heterocycles. The molecule has 3 N–H and O–H groups in total. The Labute approximate surface area is 91.3 Å². The number of nitrogens with one attached hydrogen (secondary N) is 1. The Hall–Kier alpha value is -2.17. The minimum atomic E-state index is -0.583. The van der Waals surface area contributed by atoms with Gasteiger partial charge in [-0.15, -0.1) is 0 Å². The molecular weight excluding hydrogens is 209 g/mol.